The average molecular weight is 374 g/mol. The van der Waals surface area contributed by atoms with Gasteiger partial charge in [-0.3, -0.25) is 9.59 Å². The minimum atomic E-state index is -0.240. The van der Waals surface area contributed by atoms with Gasteiger partial charge < -0.3 is 15.4 Å². The molecule has 28 heavy (non-hydrogen) atoms. The maximum atomic E-state index is 12.9. The van der Waals surface area contributed by atoms with E-state index in [2.05, 4.69) is 10.6 Å². The second-order valence-corrected chi connectivity index (χ2v) is 6.87. The Morgan fingerprint density at radius 3 is 2.50 bits per heavy atom. The zero-order chi connectivity index (χ0) is 19.3. The van der Waals surface area contributed by atoms with Crippen LogP contribution in [0.1, 0.15) is 33.6 Å². The molecule has 3 aromatic rings. The normalized spacial score (nSPS) is 16.1. The van der Waals surface area contributed by atoms with Gasteiger partial charge in [-0.25, -0.2) is 0 Å². The third-order valence-corrected chi connectivity index (χ3v) is 4.97. The van der Waals surface area contributed by atoms with E-state index in [1.165, 1.54) is 0 Å². The molecule has 0 unspecified atom stereocenters. The first-order valence-electron chi connectivity index (χ1n) is 9.50. The third-order valence-electron chi connectivity index (χ3n) is 4.97. The van der Waals surface area contributed by atoms with E-state index >= 15 is 0 Å². The molecule has 5 heteroatoms. The molecule has 142 valence electrons. The molecule has 1 aliphatic rings. The van der Waals surface area contributed by atoms with E-state index in [1.54, 1.807) is 30.3 Å². The van der Waals surface area contributed by atoms with Gasteiger partial charge in [0.05, 0.1) is 17.4 Å². The zero-order valence-corrected chi connectivity index (χ0v) is 15.5. The summed E-state index contributed by atoms with van der Waals surface area (Å²) in [6.07, 6.45) is 2.05. The highest BCUT2D eigenvalue weighted by molar-refractivity contribution is 6.14. The van der Waals surface area contributed by atoms with Crippen molar-refractivity contribution < 1.29 is 14.3 Å². The number of carbonyl (C=O) groups is 2. The Labute approximate surface area is 163 Å². The number of benzene rings is 3. The molecule has 1 aliphatic heterocycles. The van der Waals surface area contributed by atoms with Crippen LogP contribution in [0.25, 0.3) is 10.8 Å². The summed E-state index contributed by atoms with van der Waals surface area (Å²) in [5, 5.41) is 7.68. The largest absolute Gasteiger partial charge is 0.376 e. The maximum absolute atomic E-state index is 12.9. The molecule has 2 N–H and O–H groups in total. The van der Waals surface area contributed by atoms with E-state index in [1.807, 2.05) is 36.4 Å². The molecular formula is C23H22N2O3. The van der Waals surface area contributed by atoms with Crippen LogP contribution in [0, 0.1) is 0 Å². The fourth-order valence-corrected chi connectivity index (χ4v) is 3.51. The van der Waals surface area contributed by atoms with Gasteiger partial charge in [-0.15, -0.1) is 0 Å². The van der Waals surface area contributed by atoms with E-state index in [0.29, 0.717) is 23.4 Å². The zero-order valence-electron chi connectivity index (χ0n) is 15.5. The van der Waals surface area contributed by atoms with Crippen LogP contribution in [0.2, 0.25) is 0 Å². The number of carbonyl (C=O) groups excluding carboxylic acids is 2. The van der Waals surface area contributed by atoms with Crippen molar-refractivity contribution in [2.45, 2.75) is 18.9 Å². The molecule has 1 heterocycles. The van der Waals surface area contributed by atoms with Crippen LogP contribution in [-0.2, 0) is 4.74 Å². The van der Waals surface area contributed by atoms with Crippen molar-refractivity contribution in [3.63, 3.8) is 0 Å². The van der Waals surface area contributed by atoms with Crippen LogP contribution in [0.4, 0.5) is 5.69 Å². The highest BCUT2D eigenvalue weighted by Crippen LogP contribution is 2.21. The summed E-state index contributed by atoms with van der Waals surface area (Å²) in [4.78, 5) is 25.5. The van der Waals surface area contributed by atoms with E-state index in [4.69, 9.17) is 4.74 Å². The number of rotatable bonds is 5. The number of ether oxygens (including phenoxy) is 1. The van der Waals surface area contributed by atoms with Gasteiger partial charge in [0, 0.05) is 18.7 Å². The summed E-state index contributed by atoms with van der Waals surface area (Å²) in [6, 6.07) is 20.4. The maximum Gasteiger partial charge on any atom is 0.256 e. The molecule has 4 rings (SSSR count). The molecule has 1 saturated heterocycles. The Hall–Kier alpha value is -3.18. The number of anilines is 1. The van der Waals surface area contributed by atoms with Gasteiger partial charge in [0.2, 0.25) is 0 Å². The van der Waals surface area contributed by atoms with Crippen molar-refractivity contribution in [3.8, 4) is 0 Å². The van der Waals surface area contributed by atoms with E-state index in [-0.39, 0.29) is 17.9 Å². The Morgan fingerprint density at radius 1 is 0.893 bits per heavy atom. The molecule has 5 nitrogen and oxygen atoms in total. The lowest BCUT2D eigenvalue weighted by molar-refractivity contribution is 0.0858. The Bertz CT molecular complexity index is 1000. The summed E-state index contributed by atoms with van der Waals surface area (Å²) in [7, 11) is 0. The van der Waals surface area contributed by atoms with Gasteiger partial charge in [-0.1, -0.05) is 48.5 Å². The van der Waals surface area contributed by atoms with Crippen LogP contribution in [-0.4, -0.2) is 31.1 Å². The number of nitrogens with one attached hydrogen (secondary N) is 2. The topological polar surface area (TPSA) is 67.4 Å². The van der Waals surface area contributed by atoms with Crippen molar-refractivity contribution in [2.24, 2.45) is 0 Å². The predicted molar refractivity (Wildman–Crippen MR) is 110 cm³/mol. The lowest BCUT2D eigenvalue weighted by Crippen LogP contribution is -2.32. The molecule has 0 aromatic heterocycles. The number of hydrogen-bond acceptors (Lipinski definition) is 3. The molecule has 0 aliphatic carbocycles. The van der Waals surface area contributed by atoms with Crippen molar-refractivity contribution in [3.05, 3.63) is 77.9 Å². The molecule has 3 aromatic carbocycles. The smallest absolute Gasteiger partial charge is 0.256 e. The Balaban J connectivity index is 1.53. The summed E-state index contributed by atoms with van der Waals surface area (Å²) in [5.74, 6) is -0.458. The van der Waals surface area contributed by atoms with Crippen molar-refractivity contribution >= 4 is 28.3 Å². The Kier molecular flexibility index (Phi) is 5.35. The van der Waals surface area contributed by atoms with Crippen LogP contribution in [0.3, 0.4) is 0 Å². The lowest BCUT2D eigenvalue weighted by Gasteiger charge is -2.14. The van der Waals surface area contributed by atoms with Crippen molar-refractivity contribution in [1.82, 2.24) is 5.32 Å². The molecule has 0 radical (unpaired) electrons. The predicted octanol–water partition coefficient (Wildman–Crippen LogP) is 4.00. The van der Waals surface area contributed by atoms with Gasteiger partial charge in [-0.2, -0.15) is 0 Å². The highest BCUT2D eigenvalue weighted by Gasteiger charge is 2.19. The van der Waals surface area contributed by atoms with Crippen LogP contribution in [0.5, 0.6) is 0 Å². The molecule has 2 amide bonds. The number of hydrogen-bond donors (Lipinski definition) is 2. The third kappa shape index (κ3) is 3.89. The van der Waals surface area contributed by atoms with Crippen molar-refractivity contribution in [2.75, 3.05) is 18.5 Å². The second kappa shape index (κ2) is 8.23. The molecule has 0 bridgehead atoms. The van der Waals surface area contributed by atoms with Crippen molar-refractivity contribution in [1.29, 1.82) is 0 Å². The molecule has 0 spiro atoms. The monoisotopic (exact) mass is 374 g/mol. The first kappa shape index (κ1) is 18.2. The highest BCUT2D eigenvalue weighted by atomic mass is 16.5. The first-order chi connectivity index (χ1) is 13.7. The van der Waals surface area contributed by atoms with E-state index < -0.39 is 0 Å². The van der Waals surface area contributed by atoms with Gasteiger partial charge >= 0.3 is 0 Å². The molecule has 1 atom stereocenters. The second-order valence-electron chi connectivity index (χ2n) is 6.87. The fraction of sp³-hybridized carbons (Fsp3) is 0.217. The van der Waals surface area contributed by atoms with Crippen LogP contribution < -0.4 is 10.6 Å². The van der Waals surface area contributed by atoms with Gasteiger partial charge in [0.1, 0.15) is 0 Å². The number of para-hydroxylation sites is 1. The summed E-state index contributed by atoms with van der Waals surface area (Å²) >= 11 is 0. The number of fused-ring (bicyclic) bond motifs is 1. The Morgan fingerprint density at radius 2 is 1.64 bits per heavy atom. The minimum absolute atomic E-state index is 0.0707. The van der Waals surface area contributed by atoms with Gasteiger partial charge in [-0.05, 0) is 41.8 Å². The standard InChI is InChI=1S/C23H22N2O3/c26-22(24-15-17-9-6-14-28-17)20-11-3-4-13-21(20)25-23(27)19-12-5-8-16-7-1-2-10-18(16)19/h1-5,7-8,10-13,17H,6,9,14-15H2,(H,24,26)(H,25,27)/t17-/m1/s1. The molecular weight excluding hydrogens is 352 g/mol. The summed E-state index contributed by atoms with van der Waals surface area (Å²) in [6.45, 7) is 1.22. The SMILES string of the molecule is O=C(NC[C@H]1CCCO1)c1ccccc1NC(=O)c1cccc2ccccc12. The van der Waals surface area contributed by atoms with E-state index in [9.17, 15) is 9.59 Å². The summed E-state index contributed by atoms with van der Waals surface area (Å²) < 4.78 is 5.55. The molecule has 0 saturated carbocycles. The van der Waals surface area contributed by atoms with Gasteiger partial charge in [0.25, 0.3) is 11.8 Å². The average Bonchev–Trinajstić information content (AvgIpc) is 3.25. The fourth-order valence-electron chi connectivity index (χ4n) is 3.51. The van der Waals surface area contributed by atoms with Gasteiger partial charge in [0.15, 0.2) is 0 Å². The summed E-state index contributed by atoms with van der Waals surface area (Å²) in [5.41, 5.74) is 1.51. The quantitative estimate of drug-likeness (QED) is 0.709. The van der Waals surface area contributed by atoms with Crippen LogP contribution in [0.15, 0.2) is 66.7 Å². The molecule has 1 fully saturated rings. The minimum Gasteiger partial charge on any atom is -0.376 e. The van der Waals surface area contributed by atoms with Crippen LogP contribution >= 0.6 is 0 Å². The van der Waals surface area contributed by atoms with E-state index in [0.717, 1.165) is 30.2 Å². The lowest BCUT2D eigenvalue weighted by atomic mass is 10.0. The first-order valence-corrected chi connectivity index (χ1v) is 9.50. The number of amides is 2.